The van der Waals surface area contributed by atoms with Gasteiger partial charge in [0, 0.05) is 24.5 Å². The Labute approximate surface area is 157 Å². The van der Waals surface area contributed by atoms with Crippen LogP contribution in [-0.4, -0.2) is 24.3 Å². The molecule has 0 saturated carbocycles. The first-order valence-corrected chi connectivity index (χ1v) is 8.76. The lowest BCUT2D eigenvalue weighted by atomic mass is 10.0. The molecule has 132 valence electrons. The van der Waals surface area contributed by atoms with Gasteiger partial charge in [0.05, 0.1) is 17.7 Å². The van der Waals surface area contributed by atoms with Crippen LogP contribution >= 0.6 is 0 Å². The molecule has 0 aliphatic rings. The van der Waals surface area contributed by atoms with Crippen molar-refractivity contribution < 1.29 is 0 Å². The molecule has 0 spiro atoms. The van der Waals surface area contributed by atoms with Crippen LogP contribution in [0.5, 0.6) is 0 Å². The molecule has 2 heterocycles. The van der Waals surface area contributed by atoms with Crippen LogP contribution in [0.4, 0.5) is 0 Å². The van der Waals surface area contributed by atoms with Crippen molar-refractivity contribution in [3.63, 3.8) is 0 Å². The standard InChI is InChI=1S/C21H18N6/c22-14-17-5-4-8-19(13-17)21-24-10-12-27(21)20(18-6-2-1-3-7-18)9-11-26-16-23-15-25-26/h1-8,10,12-13,15-16,20H,9,11H2. The average molecular weight is 354 g/mol. The molecule has 1 atom stereocenters. The molecular formula is C21H18N6. The van der Waals surface area contributed by atoms with Crippen LogP contribution in [0.2, 0.25) is 0 Å². The highest BCUT2D eigenvalue weighted by atomic mass is 15.3. The monoisotopic (exact) mass is 354 g/mol. The number of benzene rings is 2. The number of imidazole rings is 1. The number of rotatable bonds is 6. The number of hydrogen-bond acceptors (Lipinski definition) is 4. The third-order valence-corrected chi connectivity index (χ3v) is 4.54. The largest absolute Gasteiger partial charge is 0.323 e. The van der Waals surface area contributed by atoms with Gasteiger partial charge in [-0.25, -0.2) is 9.97 Å². The fourth-order valence-electron chi connectivity index (χ4n) is 3.26. The Morgan fingerprint density at radius 3 is 2.74 bits per heavy atom. The summed E-state index contributed by atoms with van der Waals surface area (Å²) in [6.45, 7) is 0.745. The van der Waals surface area contributed by atoms with Gasteiger partial charge < -0.3 is 4.57 Å². The predicted molar refractivity (Wildman–Crippen MR) is 102 cm³/mol. The van der Waals surface area contributed by atoms with Crippen molar-refractivity contribution >= 4 is 0 Å². The maximum atomic E-state index is 9.21. The van der Waals surface area contributed by atoms with Gasteiger partial charge in [0.1, 0.15) is 18.5 Å². The highest BCUT2D eigenvalue weighted by molar-refractivity contribution is 5.58. The second kappa shape index (κ2) is 7.67. The third kappa shape index (κ3) is 3.62. The molecule has 6 nitrogen and oxygen atoms in total. The van der Waals surface area contributed by atoms with E-state index in [0.29, 0.717) is 5.56 Å². The molecule has 0 fully saturated rings. The molecule has 27 heavy (non-hydrogen) atoms. The molecule has 4 rings (SSSR count). The highest BCUT2D eigenvalue weighted by Crippen LogP contribution is 2.29. The normalized spacial score (nSPS) is 11.8. The minimum absolute atomic E-state index is 0.0960. The minimum atomic E-state index is 0.0960. The highest BCUT2D eigenvalue weighted by Gasteiger charge is 2.18. The molecule has 2 aromatic carbocycles. The lowest BCUT2D eigenvalue weighted by Gasteiger charge is -2.21. The van der Waals surface area contributed by atoms with Crippen LogP contribution in [0.1, 0.15) is 23.6 Å². The summed E-state index contributed by atoms with van der Waals surface area (Å²) in [5, 5.41) is 13.4. The van der Waals surface area contributed by atoms with Crippen LogP contribution in [0, 0.1) is 11.3 Å². The maximum absolute atomic E-state index is 9.21. The van der Waals surface area contributed by atoms with E-state index in [9.17, 15) is 5.26 Å². The fourth-order valence-corrected chi connectivity index (χ4v) is 3.26. The number of aryl methyl sites for hydroxylation is 1. The van der Waals surface area contributed by atoms with E-state index in [2.05, 4.69) is 37.8 Å². The van der Waals surface area contributed by atoms with Gasteiger partial charge in [-0.3, -0.25) is 4.68 Å². The Morgan fingerprint density at radius 2 is 1.96 bits per heavy atom. The van der Waals surface area contributed by atoms with E-state index in [0.717, 1.165) is 24.4 Å². The van der Waals surface area contributed by atoms with Crippen molar-refractivity contribution in [3.8, 4) is 17.5 Å². The van der Waals surface area contributed by atoms with Crippen LogP contribution in [0.25, 0.3) is 11.4 Å². The zero-order valence-corrected chi connectivity index (χ0v) is 14.7. The Kier molecular flexibility index (Phi) is 4.75. The van der Waals surface area contributed by atoms with Crippen LogP contribution in [0.3, 0.4) is 0 Å². The molecule has 0 aliphatic heterocycles. The van der Waals surface area contributed by atoms with E-state index >= 15 is 0 Å². The first-order chi connectivity index (χ1) is 13.3. The molecule has 1 unspecified atom stereocenters. The number of hydrogen-bond donors (Lipinski definition) is 0. The average Bonchev–Trinajstić information content (AvgIpc) is 3.41. The third-order valence-electron chi connectivity index (χ3n) is 4.54. The van der Waals surface area contributed by atoms with E-state index < -0.39 is 0 Å². The molecule has 0 radical (unpaired) electrons. The topological polar surface area (TPSA) is 72.3 Å². The Balaban J connectivity index is 1.72. The van der Waals surface area contributed by atoms with E-state index in [1.165, 1.54) is 5.56 Å². The van der Waals surface area contributed by atoms with E-state index in [-0.39, 0.29) is 6.04 Å². The van der Waals surface area contributed by atoms with Crippen molar-refractivity contribution in [2.75, 3.05) is 0 Å². The second-order valence-electron chi connectivity index (χ2n) is 6.22. The second-order valence-corrected chi connectivity index (χ2v) is 6.22. The first kappa shape index (κ1) is 16.7. The summed E-state index contributed by atoms with van der Waals surface area (Å²) in [4.78, 5) is 8.59. The molecule has 6 heteroatoms. The number of nitrogens with zero attached hydrogens (tertiary/aromatic N) is 6. The van der Waals surface area contributed by atoms with Gasteiger partial charge in [-0.1, -0.05) is 42.5 Å². The summed E-state index contributed by atoms with van der Waals surface area (Å²) < 4.78 is 4.01. The molecule has 0 bridgehead atoms. The van der Waals surface area contributed by atoms with E-state index in [1.807, 2.05) is 47.3 Å². The maximum Gasteiger partial charge on any atom is 0.140 e. The van der Waals surface area contributed by atoms with Crippen LogP contribution in [-0.2, 0) is 6.54 Å². The molecule has 0 aliphatic carbocycles. The Morgan fingerprint density at radius 1 is 1.07 bits per heavy atom. The Hall–Kier alpha value is -3.72. The predicted octanol–water partition coefficient (Wildman–Crippen LogP) is 3.69. The molecule has 0 amide bonds. The van der Waals surface area contributed by atoms with Gasteiger partial charge in [-0.15, -0.1) is 0 Å². The van der Waals surface area contributed by atoms with Gasteiger partial charge in [0.25, 0.3) is 0 Å². The molecule has 0 saturated heterocycles. The number of aromatic nitrogens is 5. The van der Waals surface area contributed by atoms with Crippen molar-refractivity contribution in [2.24, 2.45) is 0 Å². The quantitative estimate of drug-likeness (QED) is 0.529. The summed E-state index contributed by atoms with van der Waals surface area (Å²) in [6, 6.07) is 20.2. The summed E-state index contributed by atoms with van der Waals surface area (Å²) in [5.74, 6) is 0.847. The summed E-state index contributed by atoms with van der Waals surface area (Å²) in [6.07, 6.45) is 7.92. The first-order valence-electron chi connectivity index (χ1n) is 8.76. The summed E-state index contributed by atoms with van der Waals surface area (Å²) >= 11 is 0. The molecule has 0 N–H and O–H groups in total. The Bertz CT molecular complexity index is 1040. The SMILES string of the molecule is N#Cc1cccc(-c2nccn2C(CCn2cncn2)c2ccccc2)c1. The van der Waals surface area contributed by atoms with Gasteiger partial charge in [-0.2, -0.15) is 10.4 Å². The van der Waals surface area contributed by atoms with Crippen molar-refractivity contribution in [3.05, 3.63) is 90.8 Å². The van der Waals surface area contributed by atoms with E-state index in [1.54, 1.807) is 24.9 Å². The van der Waals surface area contributed by atoms with E-state index in [4.69, 9.17) is 0 Å². The zero-order chi connectivity index (χ0) is 18.5. The van der Waals surface area contributed by atoms with Gasteiger partial charge in [-0.05, 0) is 24.1 Å². The summed E-state index contributed by atoms with van der Waals surface area (Å²) in [5.41, 5.74) is 2.76. The molecule has 4 aromatic rings. The molecule has 2 aromatic heterocycles. The lowest BCUT2D eigenvalue weighted by Crippen LogP contribution is -2.14. The lowest BCUT2D eigenvalue weighted by molar-refractivity contribution is 0.471. The van der Waals surface area contributed by atoms with Crippen molar-refractivity contribution in [1.29, 1.82) is 5.26 Å². The number of nitriles is 1. The molecular weight excluding hydrogens is 336 g/mol. The smallest absolute Gasteiger partial charge is 0.140 e. The fraction of sp³-hybridized carbons (Fsp3) is 0.143. The van der Waals surface area contributed by atoms with Gasteiger partial charge in [0.2, 0.25) is 0 Å². The van der Waals surface area contributed by atoms with Crippen molar-refractivity contribution in [2.45, 2.75) is 19.0 Å². The van der Waals surface area contributed by atoms with Gasteiger partial charge >= 0.3 is 0 Å². The van der Waals surface area contributed by atoms with Gasteiger partial charge in [0.15, 0.2) is 0 Å². The minimum Gasteiger partial charge on any atom is -0.323 e. The zero-order valence-electron chi connectivity index (χ0n) is 14.7. The summed E-state index contributed by atoms with van der Waals surface area (Å²) in [7, 11) is 0. The van der Waals surface area contributed by atoms with Crippen LogP contribution < -0.4 is 0 Å². The van der Waals surface area contributed by atoms with Crippen molar-refractivity contribution in [1.82, 2.24) is 24.3 Å². The van der Waals surface area contributed by atoms with Crippen LogP contribution in [0.15, 0.2) is 79.6 Å².